The fourth-order valence-electron chi connectivity index (χ4n) is 1.99. The second kappa shape index (κ2) is 7.01. The number of nitrogens with zero attached hydrogens (tertiary/aromatic N) is 1. The number of likely N-dealkylation sites (N-methyl/N-ethyl adjacent to an activating group) is 2. The third-order valence-electron chi connectivity index (χ3n) is 3.17. The first-order valence-corrected chi connectivity index (χ1v) is 6.21. The number of nitrogens with one attached hydrogen (secondary N) is 1. The molecule has 0 aliphatic rings. The van der Waals surface area contributed by atoms with Crippen LogP contribution >= 0.6 is 0 Å². The normalized spacial score (nSPS) is 12.3. The minimum atomic E-state index is 0.0265. The number of benzene rings is 1. The molecule has 4 heteroatoms. The van der Waals surface area contributed by atoms with Crippen molar-refractivity contribution in [3.8, 4) is 5.75 Å². The van der Waals surface area contributed by atoms with Gasteiger partial charge in [0.15, 0.2) is 0 Å². The summed E-state index contributed by atoms with van der Waals surface area (Å²) >= 11 is 0. The molecular formula is C14H22N2O2. The zero-order valence-electron chi connectivity index (χ0n) is 11.6. The van der Waals surface area contributed by atoms with Gasteiger partial charge in [0.25, 0.3) is 0 Å². The van der Waals surface area contributed by atoms with Gasteiger partial charge in [-0.1, -0.05) is 25.1 Å². The van der Waals surface area contributed by atoms with E-state index in [4.69, 9.17) is 4.74 Å². The summed E-state index contributed by atoms with van der Waals surface area (Å²) in [6.07, 6.45) is 0. The highest BCUT2D eigenvalue weighted by Gasteiger charge is 2.19. The van der Waals surface area contributed by atoms with Gasteiger partial charge >= 0.3 is 0 Å². The van der Waals surface area contributed by atoms with Crippen molar-refractivity contribution in [2.75, 3.05) is 27.2 Å². The van der Waals surface area contributed by atoms with E-state index in [1.54, 1.807) is 14.2 Å². The molecule has 1 aromatic carbocycles. The molecule has 0 aliphatic heterocycles. The van der Waals surface area contributed by atoms with Crippen molar-refractivity contribution in [3.05, 3.63) is 29.8 Å². The zero-order chi connectivity index (χ0) is 13.5. The van der Waals surface area contributed by atoms with E-state index in [1.807, 2.05) is 24.3 Å². The molecule has 0 radical (unpaired) electrons. The second-order valence-corrected chi connectivity index (χ2v) is 4.15. The SMILES string of the molecule is CCN(CC(=O)NC)[C@@H](C)c1ccccc1OC. The molecule has 1 aromatic rings. The van der Waals surface area contributed by atoms with Gasteiger partial charge in [0, 0.05) is 18.7 Å². The molecule has 0 bridgehead atoms. The average molecular weight is 250 g/mol. The minimum absolute atomic E-state index is 0.0265. The van der Waals surface area contributed by atoms with E-state index in [0.29, 0.717) is 6.54 Å². The van der Waals surface area contributed by atoms with Crippen LogP contribution in [0.5, 0.6) is 5.75 Å². The molecule has 4 nitrogen and oxygen atoms in total. The molecular weight excluding hydrogens is 228 g/mol. The fourth-order valence-corrected chi connectivity index (χ4v) is 1.99. The Labute approximate surface area is 109 Å². The largest absolute Gasteiger partial charge is 0.496 e. The smallest absolute Gasteiger partial charge is 0.233 e. The van der Waals surface area contributed by atoms with Gasteiger partial charge in [0.2, 0.25) is 5.91 Å². The van der Waals surface area contributed by atoms with Crippen LogP contribution in [0.4, 0.5) is 0 Å². The summed E-state index contributed by atoms with van der Waals surface area (Å²) in [7, 11) is 3.32. The monoisotopic (exact) mass is 250 g/mol. The van der Waals surface area contributed by atoms with Gasteiger partial charge in [-0.2, -0.15) is 0 Å². The van der Waals surface area contributed by atoms with Gasteiger partial charge in [0.05, 0.1) is 13.7 Å². The summed E-state index contributed by atoms with van der Waals surface area (Å²) < 4.78 is 5.37. The summed E-state index contributed by atoms with van der Waals surface area (Å²) in [5.41, 5.74) is 1.10. The molecule has 0 saturated carbocycles. The van der Waals surface area contributed by atoms with Crippen LogP contribution < -0.4 is 10.1 Å². The molecule has 0 aliphatic carbocycles. The molecule has 100 valence electrons. The number of hydrogen-bond acceptors (Lipinski definition) is 3. The van der Waals surface area contributed by atoms with Crippen molar-refractivity contribution in [1.82, 2.24) is 10.2 Å². The van der Waals surface area contributed by atoms with Crippen LogP contribution in [-0.2, 0) is 4.79 Å². The lowest BCUT2D eigenvalue weighted by atomic mass is 10.1. The zero-order valence-corrected chi connectivity index (χ0v) is 11.6. The standard InChI is InChI=1S/C14H22N2O2/c1-5-16(10-14(17)15-3)11(2)12-8-6-7-9-13(12)18-4/h6-9,11H,5,10H2,1-4H3,(H,15,17)/t11-/m0/s1. The Balaban J connectivity index is 2.88. The Morgan fingerprint density at radius 2 is 2.11 bits per heavy atom. The van der Waals surface area contributed by atoms with Gasteiger partial charge in [0.1, 0.15) is 5.75 Å². The summed E-state index contributed by atoms with van der Waals surface area (Å²) in [6, 6.07) is 8.06. The molecule has 0 fully saturated rings. The molecule has 0 unspecified atom stereocenters. The van der Waals surface area contributed by atoms with Crippen molar-refractivity contribution < 1.29 is 9.53 Å². The maximum absolute atomic E-state index is 11.5. The lowest BCUT2D eigenvalue weighted by Crippen LogP contribution is -2.37. The lowest BCUT2D eigenvalue weighted by molar-refractivity contribution is -0.122. The Morgan fingerprint density at radius 1 is 1.44 bits per heavy atom. The predicted octanol–water partition coefficient (Wildman–Crippen LogP) is 1.82. The van der Waals surface area contributed by atoms with Crippen LogP contribution in [0.25, 0.3) is 0 Å². The first kappa shape index (κ1) is 14.5. The van der Waals surface area contributed by atoms with E-state index in [1.165, 1.54) is 0 Å². The highest BCUT2D eigenvalue weighted by molar-refractivity contribution is 5.77. The Morgan fingerprint density at radius 3 is 2.67 bits per heavy atom. The Kier molecular flexibility index (Phi) is 5.65. The number of ether oxygens (including phenoxy) is 1. The molecule has 1 N–H and O–H groups in total. The molecule has 1 atom stereocenters. The molecule has 0 heterocycles. The van der Waals surface area contributed by atoms with E-state index in [2.05, 4.69) is 24.1 Å². The maximum Gasteiger partial charge on any atom is 0.233 e. The van der Waals surface area contributed by atoms with Crippen LogP contribution in [0, 0.1) is 0 Å². The van der Waals surface area contributed by atoms with Crippen molar-refractivity contribution in [1.29, 1.82) is 0 Å². The number of hydrogen-bond donors (Lipinski definition) is 1. The number of para-hydroxylation sites is 1. The van der Waals surface area contributed by atoms with Crippen molar-refractivity contribution in [2.24, 2.45) is 0 Å². The van der Waals surface area contributed by atoms with Crippen LogP contribution in [0.3, 0.4) is 0 Å². The molecule has 18 heavy (non-hydrogen) atoms. The molecule has 0 saturated heterocycles. The van der Waals surface area contributed by atoms with Crippen LogP contribution in [-0.4, -0.2) is 38.1 Å². The maximum atomic E-state index is 11.5. The van der Waals surface area contributed by atoms with Crippen molar-refractivity contribution in [3.63, 3.8) is 0 Å². The quantitative estimate of drug-likeness (QED) is 0.837. The third kappa shape index (κ3) is 3.47. The van der Waals surface area contributed by atoms with Gasteiger partial charge < -0.3 is 10.1 Å². The van der Waals surface area contributed by atoms with Crippen molar-refractivity contribution >= 4 is 5.91 Å². The highest BCUT2D eigenvalue weighted by Crippen LogP contribution is 2.28. The fraction of sp³-hybridized carbons (Fsp3) is 0.500. The van der Waals surface area contributed by atoms with Crippen LogP contribution in [0.15, 0.2) is 24.3 Å². The summed E-state index contributed by atoms with van der Waals surface area (Å²) in [5.74, 6) is 0.888. The van der Waals surface area contributed by atoms with E-state index in [-0.39, 0.29) is 11.9 Å². The lowest BCUT2D eigenvalue weighted by Gasteiger charge is -2.28. The first-order valence-electron chi connectivity index (χ1n) is 6.21. The number of amides is 1. The molecule has 0 spiro atoms. The molecule has 1 amide bonds. The number of methoxy groups -OCH3 is 1. The van der Waals surface area contributed by atoms with Gasteiger partial charge in [-0.3, -0.25) is 9.69 Å². The minimum Gasteiger partial charge on any atom is -0.496 e. The van der Waals surface area contributed by atoms with E-state index < -0.39 is 0 Å². The predicted molar refractivity (Wildman–Crippen MR) is 72.7 cm³/mol. The van der Waals surface area contributed by atoms with E-state index in [9.17, 15) is 4.79 Å². The van der Waals surface area contributed by atoms with Gasteiger partial charge in [-0.25, -0.2) is 0 Å². The first-order chi connectivity index (χ1) is 8.63. The topological polar surface area (TPSA) is 41.6 Å². The average Bonchev–Trinajstić information content (AvgIpc) is 2.43. The molecule has 1 rings (SSSR count). The summed E-state index contributed by atoms with van der Waals surface area (Å²) in [5, 5.41) is 2.65. The van der Waals surface area contributed by atoms with E-state index in [0.717, 1.165) is 17.9 Å². The van der Waals surface area contributed by atoms with Crippen molar-refractivity contribution in [2.45, 2.75) is 19.9 Å². The molecule has 0 aromatic heterocycles. The van der Waals surface area contributed by atoms with Gasteiger partial charge in [-0.15, -0.1) is 0 Å². The number of carbonyl (C=O) groups excluding carboxylic acids is 1. The summed E-state index contributed by atoms with van der Waals surface area (Å²) in [4.78, 5) is 13.6. The number of carbonyl (C=O) groups is 1. The van der Waals surface area contributed by atoms with Gasteiger partial charge in [-0.05, 0) is 19.5 Å². The third-order valence-corrected chi connectivity index (χ3v) is 3.17. The highest BCUT2D eigenvalue weighted by atomic mass is 16.5. The number of rotatable bonds is 6. The van der Waals surface area contributed by atoms with E-state index >= 15 is 0 Å². The Hall–Kier alpha value is -1.55. The Bertz CT molecular complexity index is 393. The summed E-state index contributed by atoms with van der Waals surface area (Å²) in [6.45, 7) is 5.35. The van der Waals surface area contributed by atoms with Crippen LogP contribution in [0.1, 0.15) is 25.5 Å². The second-order valence-electron chi connectivity index (χ2n) is 4.15. The van der Waals surface area contributed by atoms with Crippen LogP contribution in [0.2, 0.25) is 0 Å².